The molecule has 4 amide bonds. The number of primary amides is 1. The molecule has 1 aromatic rings. The van der Waals surface area contributed by atoms with Gasteiger partial charge in [0.1, 0.15) is 6.04 Å². The van der Waals surface area contributed by atoms with Gasteiger partial charge in [-0.15, -0.1) is 0 Å². The number of nitrogens with two attached hydrogens (primary N) is 1. The molecule has 0 radical (unpaired) electrons. The van der Waals surface area contributed by atoms with Gasteiger partial charge in [-0.3, -0.25) is 24.1 Å². The predicted molar refractivity (Wildman–Crippen MR) is 110 cm³/mol. The Morgan fingerprint density at radius 2 is 1.80 bits per heavy atom. The van der Waals surface area contributed by atoms with Crippen molar-refractivity contribution in [1.29, 1.82) is 0 Å². The third-order valence-electron chi connectivity index (χ3n) is 7.05. The number of amides is 4. The Morgan fingerprint density at radius 3 is 2.47 bits per heavy atom. The molecule has 2 atom stereocenters. The smallest absolute Gasteiger partial charge is 0.241 e. The molecule has 1 aliphatic carbocycles. The lowest BCUT2D eigenvalue weighted by atomic mass is 9.73. The van der Waals surface area contributed by atoms with Gasteiger partial charge in [-0.25, -0.2) is 0 Å². The topological polar surface area (TPSA) is 101 Å². The number of imide groups is 1. The summed E-state index contributed by atoms with van der Waals surface area (Å²) in [6.45, 7) is 2.35. The van der Waals surface area contributed by atoms with Crippen molar-refractivity contribution in [3.63, 3.8) is 0 Å². The van der Waals surface area contributed by atoms with Gasteiger partial charge in [-0.05, 0) is 43.7 Å². The number of carbonyl (C=O) groups excluding carboxylic acids is 4. The van der Waals surface area contributed by atoms with E-state index in [2.05, 4.69) is 0 Å². The number of aryl methyl sites for hydroxylation is 1. The average Bonchev–Trinajstić information content (AvgIpc) is 3.43. The zero-order valence-corrected chi connectivity index (χ0v) is 17.4. The van der Waals surface area contributed by atoms with Crippen LogP contribution in [0.5, 0.6) is 0 Å². The van der Waals surface area contributed by atoms with E-state index in [9.17, 15) is 19.2 Å². The second-order valence-corrected chi connectivity index (χ2v) is 8.91. The Hall–Kier alpha value is -2.70. The number of carbonyl (C=O) groups is 4. The summed E-state index contributed by atoms with van der Waals surface area (Å²) in [7, 11) is 0. The van der Waals surface area contributed by atoms with Crippen LogP contribution >= 0.6 is 0 Å². The molecule has 0 bridgehead atoms. The fourth-order valence-corrected chi connectivity index (χ4v) is 5.57. The number of hydrogen-bond donors (Lipinski definition) is 1. The number of rotatable bonds is 5. The van der Waals surface area contributed by atoms with E-state index < -0.39 is 17.4 Å². The number of hydrogen-bond acceptors (Lipinski definition) is 4. The highest BCUT2D eigenvalue weighted by atomic mass is 16.2. The largest absolute Gasteiger partial charge is 0.368 e. The van der Waals surface area contributed by atoms with E-state index in [1.807, 2.05) is 31.2 Å². The van der Waals surface area contributed by atoms with Crippen molar-refractivity contribution in [3.8, 4) is 0 Å². The average molecular weight is 412 g/mol. The molecule has 2 aliphatic heterocycles. The molecule has 7 nitrogen and oxygen atoms in total. The van der Waals surface area contributed by atoms with Crippen LogP contribution in [0.25, 0.3) is 0 Å². The second kappa shape index (κ2) is 7.85. The summed E-state index contributed by atoms with van der Waals surface area (Å²) in [5, 5.41) is 0. The molecule has 0 aromatic heterocycles. The molecule has 0 spiro atoms. The summed E-state index contributed by atoms with van der Waals surface area (Å²) >= 11 is 0. The van der Waals surface area contributed by atoms with Gasteiger partial charge in [0.25, 0.3) is 0 Å². The van der Waals surface area contributed by atoms with Crippen LogP contribution in [0.15, 0.2) is 24.3 Å². The minimum absolute atomic E-state index is 0.00595. The van der Waals surface area contributed by atoms with Gasteiger partial charge in [0.2, 0.25) is 23.6 Å². The molecule has 4 rings (SSSR count). The third-order valence-corrected chi connectivity index (χ3v) is 7.05. The molecular weight excluding hydrogens is 382 g/mol. The van der Waals surface area contributed by atoms with Crippen LogP contribution in [0.1, 0.15) is 62.5 Å². The molecule has 3 aliphatic rings. The molecule has 30 heavy (non-hydrogen) atoms. The van der Waals surface area contributed by atoms with Crippen molar-refractivity contribution in [3.05, 3.63) is 35.4 Å². The summed E-state index contributed by atoms with van der Waals surface area (Å²) in [6.07, 6.45) is 4.79. The van der Waals surface area contributed by atoms with E-state index in [0.717, 1.165) is 36.8 Å². The van der Waals surface area contributed by atoms with E-state index in [1.54, 1.807) is 0 Å². The van der Waals surface area contributed by atoms with Crippen LogP contribution in [-0.4, -0.2) is 52.1 Å². The van der Waals surface area contributed by atoms with Crippen LogP contribution in [-0.2, 0) is 24.6 Å². The van der Waals surface area contributed by atoms with E-state index in [1.165, 1.54) is 9.80 Å². The normalized spacial score (nSPS) is 27.3. The first-order valence-corrected chi connectivity index (χ1v) is 10.9. The highest BCUT2D eigenvalue weighted by molar-refractivity contribution is 6.11. The van der Waals surface area contributed by atoms with Crippen molar-refractivity contribution in [2.45, 2.75) is 75.8 Å². The zero-order valence-electron chi connectivity index (χ0n) is 17.4. The lowest BCUT2D eigenvalue weighted by Gasteiger charge is -2.32. The van der Waals surface area contributed by atoms with Crippen LogP contribution in [0.4, 0.5) is 0 Å². The fourth-order valence-electron chi connectivity index (χ4n) is 5.57. The lowest BCUT2D eigenvalue weighted by molar-refractivity contribution is -0.145. The summed E-state index contributed by atoms with van der Waals surface area (Å²) in [5.74, 6) is -1.27. The summed E-state index contributed by atoms with van der Waals surface area (Å²) < 4.78 is 0. The maximum atomic E-state index is 13.8. The van der Waals surface area contributed by atoms with Crippen LogP contribution in [0.2, 0.25) is 0 Å². The van der Waals surface area contributed by atoms with Gasteiger partial charge in [-0.2, -0.15) is 0 Å². The van der Waals surface area contributed by atoms with Crippen molar-refractivity contribution >= 4 is 23.6 Å². The second-order valence-electron chi connectivity index (χ2n) is 8.91. The minimum Gasteiger partial charge on any atom is -0.368 e. The van der Waals surface area contributed by atoms with Crippen molar-refractivity contribution in [2.24, 2.45) is 5.73 Å². The first-order chi connectivity index (χ1) is 14.3. The quantitative estimate of drug-likeness (QED) is 0.747. The Labute approximate surface area is 176 Å². The molecule has 1 saturated carbocycles. The lowest BCUT2D eigenvalue weighted by Crippen LogP contribution is -2.49. The molecule has 7 heteroatoms. The Kier molecular flexibility index (Phi) is 5.38. The van der Waals surface area contributed by atoms with Gasteiger partial charge in [0, 0.05) is 25.4 Å². The maximum absolute atomic E-state index is 13.8. The van der Waals surface area contributed by atoms with Gasteiger partial charge < -0.3 is 10.6 Å². The van der Waals surface area contributed by atoms with Gasteiger partial charge in [0.15, 0.2) is 0 Å². The first kappa shape index (κ1) is 20.6. The van der Waals surface area contributed by atoms with Gasteiger partial charge in [-0.1, -0.05) is 37.1 Å². The molecule has 2 heterocycles. The SMILES string of the molecule is Cc1ccccc1C1(CC(=O)N2CCC[C@H]2C(N)=O)CC(=O)N(C2CCCC2)C1=O. The Bertz CT molecular complexity index is 892. The van der Waals surface area contributed by atoms with Gasteiger partial charge in [0.05, 0.1) is 5.41 Å². The van der Waals surface area contributed by atoms with Crippen molar-refractivity contribution in [2.75, 3.05) is 6.54 Å². The third kappa shape index (κ3) is 3.30. The highest BCUT2D eigenvalue weighted by Crippen LogP contribution is 2.44. The number of likely N-dealkylation sites (tertiary alicyclic amines) is 2. The molecule has 1 unspecified atom stereocenters. The zero-order chi connectivity index (χ0) is 21.5. The van der Waals surface area contributed by atoms with E-state index in [0.29, 0.717) is 19.4 Å². The van der Waals surface area contributed by atoms with Crippen molar-refractivity contribution < 1.29 is 19.2 Å². The molecular formula is C23H29N3O4. The standard InChI is InChI=1S/C23H29N3O4/c1-15-7-2-5-10-17(15)23(13-19(27)25-12-6-11-18(25)21(24)29)14-20(28)26(22(23)30)16-8-3-4-9-16/h2,5,7,10,16,18H,3-4,6,8-9,11-14H2,1H3,(H2,24,29)/t18-,23?/m0/s1. The Morgan fingerprint density at radius 1 is 1.10 bits per heavy atom. The molecule has 1 aromatic carbocycles. The van der Waals surface area contributed by atoms with Gasteiger partial charge >= 0.3 is 0 Å². The first-order valence-electron chi connectivity index (χ1n) is 10.9. The van der Waals surface area contributed by atoms with Crippen LogP contribution < -0.4 is 5.73 Å². The maximum Gasteiger partial charge on any atom is 0.241 e. The van der Waals surface area contributed by atoms with Crippen molar-refractivity contribution in [1.82, 2.24) is 9.80 Å². The summed E-state index contributed by atoms with van der Waals surface area (Å²) in [5.41, 5.74) is 5.89. The van der Waals surface area contributed by atoms with Crippen LogP contribution in [0.3, 0.4) is 0 Å². The summed E-state index contributed by atoms with van der Waals surface area (Å²) in [6, 6.07) is 6.77. The van der Waals surface area contributed by atoms with Crippen LogP contribution in [0, 0.1) is 6.92 Å². The number of nitrogens with zero attached hydrogens (tertiary/aromatic N) is 2. The van der Waals surface area contributed by atoms with E-state index in [4.69, 9.17) is 5.73 Å². The summed E-state index contributed by atoms with van der Waals surface area (Å²) in [4.78, 5) is 54.9. The monoisotopic (exact) mass is 411 g/mol. The van der Waals surface area contributed by atoms with E-state index >= 15 is 0 Å². The van der Waals surface area contributed by atoms with E-state index in [-0.39, 0.29) is 36.6 Å². The highest BCUT2D eigenvalue weighted by Gasteiger charge is 2.56. The molecule has 2 saturated heterocycles. The molecule has 2 N–H and O–H groups in total. The fraction of sp³-hybridized carbons (Fsp3) is 0.565. The minimum atomic E-state index is -1.22. The number of benzene rings is 1. The molecule has 3 fully saturated rings. The Balaban J connectivity index is 1.72. The molecule has 160 valence electrons. The predicted octanol–water partition coefficient (Wildman–Crippen LogP) is 1.80.